The minimum Gasteiger partial charge on any atom is -0.347 e. The number of hydrogen-bond acceptors (Lipinski definition) is 3. The van der Waals surface area contributed by atoms with Gasteiger partial charge in [0.2, 0.25) is 0 Å². The molecule has 2 aromatic rings. The van der Waals surface area contributed by atoms with E-state index >= 15 is 0 Å². The maximum atomic E-state index is 12.9. The lowest BCUT2D eigenvalue weighted by Gasteiger charge is -2.33. The Balaban J connectivity index is 1.68. The van der Waals surface area contributed by atoms with Crippen LogP contribution in [0.15, 0.2) is 24.3 Å². The average Bonchev–Trinajstić information content (AvgIpc) is 3.05. The molecule has 2 heterocycles. The lowest BCUT2D eigenvalue weighted by atomic mass is 10.0. The molecule has 168 valence electrons. The van der Waals surface area contributed by atoms with Crippen LogP contribution >= 0.6 is 0 Å². The number of benzene rings is 1. The highest BCUT2D eigenvalue weighted by Gasteiger charge is 2.30. The van der Waals surface area contributed by atoms with Crippen molar-refractivity contribution in [2.75, 3.05) is 20.1 Å². The number of rotatable bonds is 4. The number of nitrogens with one attached hydrogen (secondary N) is 2. The van der Waals surface area contributed by atoms with E-state index in [2.05, 4.69) is 15.6 Å². The molecule has 0 unspecified atom stereocenters. The number of nitrogens with zero attached hydrogens (tertiary/aromatic N) is 3. The van der Waals surface area contributed by atoms with Crippen LogP contribution in [0, 0.1) is 13.8 Å². The molecule has 3 amide bonds. The summed E-state index contributed by atoms with van der Waals surface area (Å²) in [7, 11) is 1.60. The maximum absolute atomic E-state index is 12.9. The first-order valence-corrected chi connectivity index (χ1v) is 10.1. The first-order chi connectivity index (χ1) is 14.6. The molecule has 0 aliphatic carbocycles. The van der Waals surface area contributed by atoms with Gasteiger partial charge in [0.15, 0.2) is 0 Å². The Hall–Kier alpha value is -3.04. The normalized spacial score (nSPS) is 15.1. The van der Waals surface area contributed by atoms with Crippen molar-refractivity contribution in [3.63, 3.8) is 0 Å². The molecule has 1 saturated heterocycles. The van der Waals surface area contributed by atoms with E-state index in [0.29, 0.717) is 30.2 Å². The second-order valence-electron chi connectivity index (χ2n) is 7.62. The van der Waals surface area contributed by atoms with Gasteiger partial charge in [-0.1, -0.05) is 12.1 Å². The summed E-state index contributed by atoms with van der Waals surface area (Å²) in [5.41, 5.74) is 0.577. The van der Waals surface area contributed by atoms with Gasteiger partial charge in [-0.25, -0.2) is 9.78 Å². The fraction of sp³-hybridized carbons (Fsp3) is 0.476. The van der Waals surface area contributed by atoms with Crippen molar-refractivity contribution < 1.29 is 22.8 Å². The van der Waals surface area contributed by atoms with Gasteiger partial charge in [0, 0.05) is 38.4 Å². The number of carbonyl (C=O) groups excluding carboxylic acids is 2. The molecule has 1 aromatic carbocycles. The highest BCUT2D eigenvalue weighted by atomic mass is 19.4. The van der Waals surface area contributed by atoms with Crippen LogP contribution in [-0.4, -0.2) is 46.5 Å². The number of imidazole rings is 1. The summed E-state index contributed by atoms with van der Waals surface area (Å²) in [5, 5.41) is 5.29. The molecule has 1 aliphatic heterocycles. The highest BCUT2D eigenvalue weighted by Crippen LogP contribution is 2.30. The summed E-state index contributed by atoms with van der Waals surface area (Å²) in [6.07, 6.45) is -2.94. The molecule has 1 fully saturated rings. The topological polar surface area (TPSA) is 79.3 Å². The fourth-order valence-corrected chi connectivity index (χ4v) is 4.02. The van der Waals surface area contributed by atoms with E-state index in [1.54, 1.807) is 11.9 Å². The molecule has 0 radical (unpaired) electrons. The molecule has 0 bridgehead atoms. The number of likely N-dealkylation sites (tertiary alicyclic amines) is 1. The van der Waals surface area contributed by atoms with E-state index in [9.17, 15) is 22.8 Å². The van der Waals surface area contributed by atoms with Crippen LogP contribution in [0.5, 0.6) is 0 Å². The molecule has 0 spiro atoms. The van der Waals surface area contributed by atoms with Gasteiger partial charge in [-0.05, 0) is 44.4 Å². The number of hydrogen-bond donors (Lipinski definition) is 2. The molecule has 2 N–H and O–H groups in total. The van der Waals surface area contributed by atoms with Crippen LogP contribution in [0.25, 0.3) is 0 Å². The predicted molar refractivity (Wildman–Crippen MR) is 109 cm³/mol. The van der Waals surface area contributed by atoms with Gasteiger partial charge in [0.25, 0.3) is 5.91 Å². The van der Waals surface area contributed by atoms with Gasteiger partial charge < -0.3 is 20.1 Å². The van der Waals surface area contributed by atoms with Gasteiger partial charge in [-0.3, -0.25) is 4.79 Å². The summed E-state index contributed by atoms with van der Waals surface area (Å²) < 4.78 is 40.6. The second-order valence-corrected chi connectivity index (χ2v) is 7.62. The van der Waals surface area contributed by atoms with Crippen LogP contribution in [0.3, 0.4) is 0 Å². The third-order valence-electron chi connectivity index (χ3n) is 5.58. The summed E-state index contributed by atoms with van der Waals surface area (Å²) in [5.74, 6) is 0.264. The molecule has 3 rings (SSSR count). The quantitative estimate of drug-likeness (QED) is 0.769. The molecule has 7 nitrogen and oxygen atoms in total. The number of piperidine rings is 1. The predicted octanol–water partition coefficient (Wildman–Crippen LogP) is 3.43. The van der Waals surface area contributed by atoms with Crippen LogP contribution in [-0.2, 0) is 12.7 Å². The van der Waals surface area contributed by atoms with Gasteiger partial charge in [-0.15, -0.1) is 0 Å². The number of amides is 3. The zero-order valence-electron chi connectivity index (χ0n) is 17.7. The number of aryl methyl sites for hydroxylation is 1. The number of alkyl halides is 3. The molecule has 1 aliphatic rings. The molecule has 0 atom stereocenters. The zero-order valence-corrected chi connectivity index (χ0v) is 17.7. The minimum absolute atomic E-state index is 0.0291. The Kier molecular flexibility index (Phi) is 6.56. The molecule has 0 saturated carbocycles. The monoisotopic (exact) mass is 437 g/mol. The third kappa shape index (κ3) is 5.00. The van der Waals surface area contributed by atoms with E-state index in [1.807, 2.05) is 18.4 Å². The minimum atomic E-state index is -4.43. The number of urea groups is 1. The number of halogens is 3. The van der Waals surface area contributed by atoms with Crippen LogP contribution in [0.1, 0.15) is 52.0 Å². The molecule has 1 aromatic heterocycles. The van der Waals surface area contributed by atoms with Crippen molar-refractivity contribution in [3.8, 4) is 0 Å². The van der Waals surface area contributed by atoms with Gasteiger partial charge >= 0.3 is 12.2 Å². The number of aromatic nitrogens is 2. The molecular weight excluding hydrogens is 411 g/mol. The Morgan fingerprint density at radius 1 is 1.19 bits per heavy atom. The van der Waals surface area contributed by atoms with E-state index in [-0.39, 0.29) is 24.3 Å². The van der Waals surface area contributed by atoms with Crippen molar-refractivity contribution in [2.24, 2.45) is 0 Å². The molecule has 10 heteroatoms. The lowest BCUT2D eigenvalue weighted by Crippen LogP contribution is -2.43. The summed E-state index contributed by atoms with van der Waals surface area (Å²) in [4.78, 5) is 30.6. The Labute approximate surface area is 178 Å². The third-order valence-corrected chi connectivity index (χ3v) is 5.58. The van der Waals surface area contributed by atoms with Gasteiger partial charge in [0.1, 0.15) is 11.5 Å². The van der Waals surface area contributed by atoms with E-state index in [1.165, 1.54) is 12.1 Å². The summed E-state index contributed by atoms with van der Waals surface area (Å²) >= 11 is 0. The second kappa shape index (κ2) is 8.99. The van der Waals surface area contributed by atoms with Crippen molar-refractivity contribution in [1.82, 2.24) is 25.1 Å². The highest BCUT2D eigenvalue weighted by molar-refractivity contribution is 5.93. The van der Waals surface area contributed by atoms with Crippen LogP contribution in [0.2, 0.25) is 0 Å². The van der Waals surface area contributed by atoms with E-state index < -0.39 is 17.6 Å². The first-order valence-electron chi connectivity index (χ1n) is 10.1. The standard InChI is InChI=1S/C21H26F3N5O2/c1-13-18(19(30)26-12-15-5-4-6-16(11-15)21(22,23)24)27-14(2)29(13)17-7-9-28(10-8-17)20(31)25-3/h4-6,11,17H,7-10,12H2,1-3H3,(H,25,31)(H,26,30). The Morgan fingerprint density at radius 2 is 1.87 bits per heavy atom. The fourth-order valence-electron chi connectivity index (χ4n) is 4.02. The average molecular weight is 437 g/mol. The lowest BCUT2D eigenvalue weighted by molar-refractivity contribution is -0.137. The number of carbonyl (C=O) groups is 2. The van der Waals surface area contributed by atoms with Crippen molar-refractivity contribution in [1.29, 1.82) is 0 Å². The SMILES string of the molecule is CNC(=O)N1CCC(n2c(C)nc(C(=O)NCc3cccc(C(F)(F)F)c3)c2C)CC1. The molecular formula is C21H26F3N5O2. The smallest absolute Gasteiger partial charge is 0.347 e. The Morgan fingerprint density at radius 3 is 2.48 bits per heavy atom. The zero-order chi connectivity index (χ0) is 22.8. The first kappa shape index (κ1) is 22.6. The summed E-state index contributed by atoms with van der Waals surface area (Å²) in [6, 6.07) is 4.89. The molecule has 31 heavy (non-hydrogen) atoms. The van der Waals surface area contributed by atoms with E-state index in [4.69, 9.17) is 0 Å². The van der Waals surface area contributed by atoms with Gasteiger partial charge in [-0.2, -0.15) is 13.2 Å². The van der Waals surface area contributed by atoms with Crippen molar-refractivity contribution in [2.45, 2.75) is 45.5 Å². The largest absolute Gasteiger partial charge is 0.416 e. The van der Waals surface area contributed by atoms with Crippen molar-refractivity contribution in [3.05, 3.63) is 52.6 Å². The van der Waals surface area contributed by atoms with Crippen LogP contribution in [0.4, 0.5) is 18.0 Å². The van der Waals surface area contributed by atoms with Crippen molar-refractivity contribution >= 4 is 11.9 Å². The summed E-state index contributed by atoms with van der Waals surface area (Å²) in [6.45, 7) is 4.82. The van der Waals surface area contributed by atoms with Crippen LogP contribution < -0.4 is 10.6 Å². The maximum Gasteiger partial charge on any atom is 0.416 e. The van der Waals surface area contributed by atoms with Gasteiger partial charge in [0.05, 0.1) is 5.56 Å². The Bertz CT molecular complexity index is 962. The van der Waals surface area contributed by atoms with E-state index in [0.717, 1.165) is 25.0 Å².